The van der Waals surface area contributed by atoms with Crippen LogP contribution in [0.3, 0.4) is 0 Å². The molecule has 2 rings (SSSR count). The standard InChI is InChI=1S/C16H24N2O4S/c1-3-15(16(19)17-12-14-10-7-11-22-14)18(23(2,20)21)13-8-5-4-6-9-13/h4-6,8-9,14-15H,3,7,10-12H2,1-2H3,(H,17,19)/t14-,15-/m1/s1. The molecule has 1 fully saturated rings. The highest BCUT2D eigenvalue weighted by atomic mass is 32.2. The third-order valence-corrected chi connectivity index (χ3v) is 5.05. The molecular formula is C16H24N2O4S. The van der Waals surface area contributed by atoms with Crippen molar-refractivity contribution in [1.82, 2.24) is 5.32 Å². The molecule has 1 N–H and O–H groups in total. The number of carbonyl (C=O) groups is 1. The molecule has 0 radical (unpaired) electrons. The number of nitrogens with one attached hydrogen (secondary N) is 1. The molecule has 1 amide bonds. The van der Waals surface area contributed by atoms with Crippen molar-refractivity contribution in [2.24, 2.45) is 0 Å². The Morgan fingerprint density at radius 3 is 2.61 bits per heavy atom. The molecule has 128 valence electrons. The quantitative estimate of drug-likeness (QED) is 0.817. The fourth-order valence-corrected chi connectivity index (χ4v) is 3.98. The van der Waals surface area contributed by atoms with E-state index in [0.29, 0.717) is 18.7 Å². The molecule has 0 aliphatic carbocycles. The van der Waals surface area contributed by atoms with E-state index < -0.39 is 16.1 Å². The van der Waals surface area contributed by atoms with Crippen LogP contribution in [0.4, 0.5) is 5.69 Å². The number of para-hydroxylation sites is 1. The first-order valence-corrected chi connectivity index (χ1v) is 9.72. The summed E-state index contributed by atoms with van der Waals surface area (Å²) in [6.45, 7) is 2.94. The monoisotopic (exact) mass is 340 g/mol. The van der Waals surface area contributed by atoms with Crippen LogP contribution in [0.2, 0.25) is 0 Å². The second-order valence-corrected chi connectivity index (χ2v) is 7.56. The number of hydrogen-bond donors (Lipinski definition) is 1. The number of ether oxygens (including phenoxy) is 1. The van der Waals surface area contributed by atoms with E-state index in [4.69, 9.17) is 4.74 Å². The maximum Gasteiger partial charge on any atom is 0.243 e. The van der Waals surface area contributed by atoms with E-state index in [0.717, 1.165) is 25.7 Å². The van der Waals surface area contributed by atoms with Gasteiger partial charge in [-0.2, -0.15) is 0 Å². The van der Waals surface area contributed by atoms with Crippen molar-refractivity contribution >= 4 is 21.6 Å². The first kappa shape index (κ1) is 17.7. The Balaban J connectivity index is 2.15. The normalized spacial score (nSPS) is 19.3. The third-order valence-electron chi connectivity index (χ3n) is 3.87. The second-order valence-electron chi connectivity index (χ2n) is 5.70. The van der Waals surface area contributed by atoms with Gasteiger partial charge < -0.3 is 10.1 Å². The molecule has 1 aliphatic rings. The number of rotatable bonds is 7. The molecule has 1 aromatic carbocycles. The molecule has 0 saturated carbocycles. The van der Waals surface area contributed by atoms with E-state index in [1.54, 1.807) is 31.2 Å². The Kier molecular flexibility index (Phi) is 6.01. The minimum absolute atomic E-state index is 0.0277. The van der Waals surface area contributed by atoms with Gasteiger partial charge in [0.05, 0.1) is 18.0 Å². The van der Waals surface area contributed by atoms with Crippen LogP contribution in [0.15, 0.2) is 30.3 Å². The highest BCUT2D eigenvalue weighted by molar-refractivity contribution is 7.92. The molecule has 1 heterocycles. The van der Waals surface area contributed by atoms with Gasteiger partial charge in [-0.3, -0.25) is 9.10 Å². The Hall–Kier alpha value is -1.60. The molecule has 2 atom stereocenters. The summed E-state index contributed by atoms with van der Waals surface area (Å²) in [5, 5.41) is 2.83. The number of anilines is 1. The molecule has 0 bridgehead atoms. The minimum atomic E-state index is -3.57. The summed E-state index contributed by atoms with van der Waals surface area (Å²) >= 11 is 0. The van der Waals surface area contributed by atoms with Gasteiger partial charge in [0.25, 0.3) is 0 Å². The molecule has 0 unspecified atom stereocenters. The summed E-state index contributed by atoms with van der Waals surface area (Å²) in [6, 6.07) is 7.93. The van der Waals surface area contributed by atoms with Gasteiger partial charge >= 0.3 is 0 Å². The van der Waals surface area contributed by atoms with Gasteiger partial charge in [-0.05, 0) is 31.4 Å². The van der Waals surface area contributed by atoms with Crippen LogP contribution in [0.1, 0.15) is 26.2 Å². The summed E-state index contributed by atoms with van der Waals surface area (Å²) in [4.78, 5) is 12.5. The van der Waals surface area contributed by atoms with Gasteiger partial charge in [0.2, 0.25) is 15.9 Å². The average molecular weight is 340 g/mol. The van der Waals surface area contributed by atoms with Crippen LogP contribution in [0, 0.1) is 0 Å². The lowest BCUT2D eigenvalue weighted by atomic mass is 10.1. The molecule has 0 aromatic heterocycles. The Bertz CT molecular complexity index is 612. The van der Waals surface area contributed by atoms with Crippen LogP contribution < -0.4 is 9.62 Å². The molecule has 6 nitrogen and oxygen atoms in total. The van der Waals surface area contributed by atoms with Crippen LogP contribution in [-0.2, 0) is 19.6 Å². The van der Waals surface area contributed by atoms with Gasteiger partial charge in [-0.15, -0.1) is 0 Å². The lowest BCUT2D eigenvalue weighted by Crippen LogP contribution is -2.50. The van der Waals surface area contributed by atoms with E-state index in [2.05, 4.69) is 5.32 Å². The Labute approximate surface area is 137 Å². The van der Waals surface area contributed by atoms with Crippen LogP contribution in [-0.4, -0.2) is 45.9 Å². The van der Waals surface area contributed by atoms with Crippen molar-refractivity contribution < 1.29 is 17.9 Å². The molecule has 1 saturated heterocycles. The molecule has 1 aromatic rings. The zero-order valence-electron chi connectivity index (χ0n) is 13.6. The fourth-order valence-electron chi connectivity index (χ4n) is 2.77. The Morgan fingerprint density at radius 1 is 1.39 bits per heavy atom. The van der Waals surface area contributed by atoms with Crippen molar-refractivity contribution in [1.29, 1.82) is 0 Å². The molecular weight excluding hydrogens is 316 g/mol. The zero-order chi connectivity index (χ0) is 16.9. The summed E-state index contributed by atoms with van der Waals surface area (Å²) in [7, 11) is -3.57. The van der Waals surface area contributed by atoms with E-state index >= 15 is 0 Å². The van der Waals surface area contributed by atoms with E-state index in [-0.39, 0.29) is 12.0 Å². The van der Waals surface area contributed by atoms with Gasteiger partial charge in [0.1, 0.15) is 6.04 Å². The van der Waals surface area contributed by atoms with Crippen LogP contribution >= 0.6 is 0 Å². The highest BCUT2D eigenvalue weighted by Crippen LogP contribution is 2.22. The zero-order valence-corrected chi connectivity index (χ0v) is 14.4. The first-order valence-electron chi connectivity index (χ1n) is 7.87. The third kappa shape index (κ3) is 4.68. The smallest absolute Gasteiger partial charge is 0.243 e. The SMILES string of the molecule is CC[C@H](C(=O)NC[C@H]1CCCO1)N(c1ccccc1)S(C)(=O)=O. The number of carbonyl (C=O) groups excluding carboxylic acids is 1. The highest BCUT2D eigenvalue weighted by Gasteiger charge is 2.31. The van der Waals surface area contributed by atoms with Gasteiger partial charge in [0.15, 0.2) is 0 Å². The summed E-state index contributed by atoms with van der Waals surface area (Å²) < 4.78 is 31.1. The summed E-state index contributed by atoms with van der Waals surface area (Å²) in [5.74, 6) is -0.294. The number of nitrogens with zero attached hydrogens (tertiary/aromatic N) is 1. The number of amides is 1. The molecule has 23 heavy (non-hydrogen) atoms. The number of hydrogen-bond acceptors (Lipinski definition) is 4. The van der Waals surface area contributed by atoms with Crippen molar-refractivity contribution in [3.63, 3.8) is 0 Å². The predicted molar refractivity (Wildman–Crippen MR) is 89.8 cm³/mol. The topological polar surface area (TPSA) is 75.7 Å². The van der Waals surface area contributed by atoms with Crippen molar-refractivity contribution in [3.8, 4) is 0 Å². The lowest BCUT2D eigenvalue weighted by Gasteiger charge is -2.30. The van der Waals surface area contributed by atoms with Gasteiger partial charge in [-0.1, -0.05) is 25.1 Å². The van der Waals surface area contributed by atoms with Crippen molar-refractivity contribution in [3.05, 3.63) is 30.3 Å². The van der Waals surface area contributed by atoms with E-state index in [1.807, 2.05) is 6.07 Å². The molecule has 0 spiro atoms. The summed E-state index contributed by atoms with van der Waals surface area (Å²) in [5.41, 5.74) is 0.495. The predicted octanol–water partition coefficient (Wildman–Crippen LogP) is 1.53. The number of sulfonamides is 1. The molecule has 1 aliphatic heterocycles. The maximum atomic E-state index is 12.5. The van der Waals surface area contributed by atoms with Crippen molar-refractivity contribution in [2.45, 2.75) is 38.3 Å². The van der Waals surface area contributed by atoms with E-state index in [1.165, 1.54) is 4.31 Å². The van der Waals surface area contributed by atoms with Crippen LogP contribution in [0.25, 0.3) is 0 Å². The Morgan fingerprint density at radius 2 is 2.09 bits per heavy atom. The van der Waals surface area contributed by atoms with Crippen molar-refractivity contribution in [2.75, 3.05) is 23.7 Å². The fraction of sp³-hybridized carbons (Fsp3) is 0.562. The van der Waals surface area contributed by atoms with Gasteiger partial charge in [-0.25, -0.2) is 8.42 Å². The minimum Gasteiger partial charge on any atom is -0.376 e. The number of benzene rings is 1. The van der Waals surface area contributed by atoms with E-state index in [9.17, 15) is 13.2 Å². The van der Waals surface area contributed by atoms with Gasteiger partial charge in [0, 0.05) is 13.2 Å². The molecule has 7 heteroatoms. The second kappa shape index (κ2) is 7.79. The van der Waals surface area contributed by atoms with Crippen LogP contribution in [0.5, 0.6) is 0 Å². The maximum absolute atomic E-state index is 12.5. The summed E-state index contributed by atoms with van der Waals surface area (Å²) in [6.07, 6.45) is 3.46. The average Bonchev–Trinajstić information content (AvgIpc) is 3.03. The first-order chi connectivity index (χ1) is 10.9. The largest absolute Gasteiger partial charge is 0.376 e. The lowest BCUT2D eigenvalue weighted by molar-refractivity contribution is -0.122.